The number of benzene rings is 1. The summed E-state index contributed by atoms with van der Waals surface area (Å²) < 4.78 is 5.48. The average Bonchev–Trinajstić information content (AvgIpc) is 3.53. The number of aliphatic carboxylic acids is 2. The highest BCUT2D eigenvalue weighted by molar-refractivity contribution is 6.04. The fraction of sp³-hybridized carbons (Fsp3) is 0.606. The van der Waals surface area contributed by atoms with Crippen LogP contribution >= 0.6 is 24.8 Å². The van der Waals surface area contributed by atoms with E-state index >= 15 is 0 Å². The van der Waals surface area contributed by atoms with Crippen LogP contribution < -0.4 is 4.90 Å². The predicted octanol–water partition coefficient (Wildman–Crippen LogP) is 6.52. The first-order valence-electron chi connectivity index (χ1n) is 15.6. The number of aryl methyl sites for hydroxylation is 1. The Morgan fingerprint density at radius 1 is 0.886 bits per heavy atom. The van der Waals surface area contributed by atoms with Gasteiger partial charge in [-0.2, -0.15) is 0 Å². The lowest BCUT2D eigenvalue weighted by atomic mass is 9.69. The molecule has 11 heteroatoms. The van der Waals surface area contributed by atoms with Gasteiger partial charge in [0.1, 0.15) is 0 Å². The van der Waals surface area contributed by atoms with Gasteiger partial charge in [-0.05, 0) is 88.2 Å². The molecule has 1 amide bonds. The molecular weight excluding hydrogens is 605 g/mol. The molecule has 2 heterocycles. The molecule has 0 unspecified atom stereocenters. The standard InChI is InChI=1S/C33H47N3O6.2ClH/c1-26-7-9-27(10-8-26)36(32(41)29-6-5-25-42-29)28-11-19-34(20-12-28)23-17-33(15-3-2-4-16-33)18-24-35(21-13-30(37)38)22-14-31(39)40;;/h5-10,25,28H,2-4,11-24H2,1H3,(H,37,38)(H,39,40);2*1H. The van der Waals surface area contributed by atoms with Crippen molar-refractivity contribution >= 4 is 48.3 Å². The molecule has 2 N–H and O–H groups in total. The van der Waals surface area contributed by atoms with Crippen LogP contribution in [0.2, 0.25) is 0 Å². The molecule has 2 fully saturated rings. The van der Waals surface area contributed by atoms with E-state index in [1.165, 1.54) is 32.1 Å². The van der Waals surface area contributed by atoms with E-state index in [-0.39, 0.29) is 55.0 Å². The Morgan fingerprint density at radius 3 is 2.05 bits per heavy atom. The number of carboxylic acid groups (broad SMARTS) is 2. The van der Waals surface area contributed by atoms with E-state index in [0.717, 1.165) is 63.1 Å². The van der Waals surface area contributed by atoms with Crippen molar-refractivity contribution in [2.45, 2.75) is 83.6 Å². The van der Waals surface area contributed by atoms with Crippen molar-refractivity contribution in [1.29, 1.82) is 0 Å². The number of halogens is 2. The summed E-state index contributed by atoms with van der Waals surface area (Å²) in [6.07, 6.45) is 11.5. The van der Waals surface area contributed by atoms with Crippen LogP contribution in [-0.2, 0) is 9.59 Å². The summed E-state index contributed by atoms with van der Waals surface area (Å²) >= 11 is 0. The smallest absolute Gasteiger partial charge is 0.304 e. The molecule has 0 bridgehead atoms. The Labute approximate surface area is 273 Å². The summed E-state index contributed by atoms with van der Waals surface area (Å²) in [5.74, 6) is -1.44. The Kier molecular flexibility index (Phi) is 15.7. The third-order valence-corrected chi connectivity index (χ3v) is 9.30. The summed E-state index contributed by atoms with van der Waals surface area (Å²) in [6.45, 7) is 6.43. The number of furan rings is 1. The zero-order chi connectivity index (χ0) is 30.0. The number of nitrogens with zero attached hydrogens (tertiary/aromatic N) is 3. The molecule has 1 aromatic heterocycles. The van der Waals surface area contributed by atoms with E-state index in [2.05, 4.69) is 4.90 Å². The Hall–Kier alpha value is -2.59. The van der Waals surface area contributed by atoms with Gasteiger partial charge in [0.05, 0.1) is 19.1 Å². The zero-order valence-electron chi connectivity index (χ0n) is 25.8. The number of amides is 1. The van der Waals surface area contributed by atoms with Crippen molar-refractivity contribution in [3.63, 3.8) is 0 Å². The Bertz CT molecular complexity index is 1130. The first-order valence-corrected chi connectivity index (χ1v) is 15.6. The summed E-state index contributed by atoms with van der Waals surface area (Å²) in [5, 5.41) is 18.3. The summed E-state index contributed by atoms with van der Waals surface area (Å²) in [5.41, 5.74) is 2.27. The van der Waals surface area contributed by atoms with Gasteiger partial charge in [-0.1, -0.05) is 37.0 Å². The molecule has 1 aliphatic heterocycles. The molecule has 0 radical (unpaired) electrons. The van der Waals surface area contributed by atoms with E-state index in [1.807, 2.05) is 41.0 Å². The van der Waals surface area contributed by atoms with Gasteiger partial charge in [0.15, 0.2) is 5.76 Å². The number of hydrogen-bond donors (Lipinski definition) is 2. The average molecular weight is 655 g/mol. The van der Waals surface area contributed by atoms with Gasteiger partial charge in [-0.25, -0.2) is 0 Å². The molecule has 4 rings (SSSR count). The maximum absolute atomic E-state index is 13.5. The summed E-state index contributed by atoms with van der Waals surface area (Å²) in [4.78, 5) is 42.3. The number of rotatable bonds is 15. The van der Waals surface area contributed by atoms with Crippen LogP contribution in [0.5, 0.6) is 0 Å². The second-order valence-corrected chi connectivity index (χ2v) is 12.3. The highest BCUT2D eigenvalue weighted by atomic mass is 35.5. The molecule has 1 aromatic carbocycles. The maximum atomic E-state index is 13.5. The second-order valence-electron chi connectivity index (χ2n) is 12.3. The number of likely N-dealkylation sites (tertiary alicyclic amines) is 1. The largest absolute Gasteiger partial charge is 0.481 e. The Morgan fingerprint density at radius 2 is 1.50 bits per heavy atom. The van der Waals surface area contributed by atoms with Gasteiger partial charge in [0.2, 0.25) is 0 Å². The third-order valence-electron chi connectivity index (χ3n) is 9.30. The van der Waals surface area contributed by atoms with E-state index in [0.29, 0.717) is 18.8 Å². The minimum atomic E-state index is -0.849. The maximum Gasteiger partial charge on any atom is 0.304 e. The van der Waals surface area contributed by atoms with Crippen molar-refractivity contribution in [2.24, 2.45) is 5.41 Å². The number of hydrogen-bond acceptors (Lipinski definition) is 6. The molecule has 2 aliphatic rings. The number of carbonyl (C=O) groups excluding carboxylic acids is 1. The summed E-state index contributed by atoms with van der Waals surface area (Å²) in [7, 11) is 0. The first-order chi connectivity index (χ1) is 20.2. The predicted molar refractivity (Wildman–Crippen MR) is 176 cm³/mol. The van der Waals surface area contributed by atoms with E-state index in [1.54, 1.807) is 18.4 Å². The molecule has 1 saturated carbocycles. The molecule has 9 nitrogen and oxygen atoms in total. The second kappa shape index (κ2) is 18.4. The lowest BCUT2D eigenvalue weighted by Gasteiger charge is -2.42. The van der Waals surface area contributed by atoms with Crippen LogP contribution in [-0.4, -0.2) is 83.2 Å². The highest BCUT2D eigenvalue weighted by Crippen LogP contribution is 2.43. The molecular formula is C33H49Cl2N3O6. The van der Waals surface area contributed by atoms with Gasteiger partial charge < -0.3 is 29.3 Å². The van der Waals surface area contributed by atoms with Crippen LogP contribution in [0.15, 0.2) is 47.1 Å². The monoisotopic (exact) mass is 653 g/mol. The van der Waals surface area contributed by atoms with Crippen LogP contribution in [0.1, 0.15) is 86.7 Å². The summed E-state index contributed by atoms with van der Waals surface area (Å²) in [6, 6.07) is 11.7. The zero-order valence-corrected chi connectivity index (χ0v) is 27.5. The highest BCUT2D eigenvalue weighted by Gasteiger charge is 2.35. The van der Waals surface area contributed by atoms with Gasteiger partial charge in [0, 0.05) is 37.9 Å². The fourth-order valence-electron chi connectivity index (χ4n) is 6.68. The molecule has 1 saturated heterocycles. The van der Waals surface area contributed by atoms with Crippen LogP contribution in [0.25, 0.3) is 0 Å². The van der Waals surface area contributed by atoms with Gasteiger partial charge >= 0.3 is 11.9 Å². The van der Waals surface area contributed by atoms with Crippen molar-refractivity contribution in [2.75, 3.05) is 44.2 Å². The normalized spacial score (nSPS) is 17.0. The van der Waals surface area contributed by atoms with E-state index in [4.69, 9.17) is 14.6 Å². The number of carbonyl (C=O) groups is 3. The minimum Gasteiger partial charge on any atom is -0.481 e. The van der Waals surface area contributed by atoms with Gasteiger partial charge in [-0.3, -0.25) is 14.4 Å². The third kappa shape index (κ3) is 11.1. The van der Waals surface area contributed by atoms with Gasteiger partial charge in [-0.15, -0.1) is 24.8 Å². The van der Waals surface area contributed by atoms with Crippen molar-refractivity contribution < 1.29 is 29.0 Å². The van der Waals surface area contributed by atoms with Crippen molar-refractivity contribution in [3.8, 4) is 0 Å². The number of carboxylic acids is 2. The van der Waals surface area contributed by atoms with Crippen molar-refractivity contribution in [3.05, 3.63) is 54.0 Å². The van der Waals surface area contributed by atoms with Crippen molar-refractivity contribution in [1.82, 2.24) is 9.80 Å². The van der Waals surface area contributed by atoms with Crippen LogP contribution in [0, 0.1) is 12.3 Å². The molecule has 0 atom stereocenters. The molecule has 1 aliphatic carbocycles. The SMILES string of the molecule is Cc1ccc(N(C(=O)c2ccco2)C2CCN(CCC3(CCN(CCC(=O)O)CCC(=O)O)CCCCC3)CC2)cc1.Cl.Cl. The topological polar surface area (TPSA) is 115 Å². The lowest BCUT2D eigenvalue weighted by molar-refractivity contribution is -0.137. The molecule has 2 aromatic rings. The number of piperidine rings is 1. The van der Waals surface area contributed by atoms with Crippen LogP contribution in [0.3, 0.4) is 0 Å². The molecule has 44 heavy (non-hydrogen) atoms. The first kappa shape index (κ1) is 37.6. The van der Waals surface area contributed by atoms with Gasteiger partial charge in [0.25, 0.3) is 5.91 Å². The quantitative estimate of drug-likeness (QED) is 0.223. The molecule has 246 valence electrons. The van der Waals surface area contributed by atoms with E-state index in [9.17, 15) is 14.4 Å². The fourth-order valence-corrected chi connectivity index (χ4v) is 6.68. The van der Waals surface area contributed by atoms with Crippen LogP contribution in [0.4, 0.5) is 5.69 Å². The number of anilines is 1. The Balaban J connectivity index is 0.00000337. The van der Waals surface area contributed by atoms with E-state index < -0.39 is 11.9 Å². The molecule has 0 spiro atoms. The minimum absolute atomic E-state index is 0. The lowest BCUT2D eigenvalue weighted by Crippen LogP contribution is -2.48.